The molecule has 1 aromatic carbocycles. The Hall–Kier alpha value is -2.20. The summed E-state index contributed by atoms with van der Waals surface area (Å²) in [4.78, 5) is 16.1. The molecule has 2 rings (SSSR count). The first kappa shape index (κ1) is 13.2. The molecule has 4 heteroatoms. The molecule has 4 nitrogen and oxygen atoms in total. The van der Waals surface area contributed by atoms with Gasteiger partial charge in [0.1, 0.15) is 0 Å². The van der Waals surface area contributed by atoms with E-state index in [-0.39, 0.29) is 11.9 Å². The van der Waals surface area contributed by atoms with Crippen molar-refractivity contribution in [3.05, 3.63) is 65.5 Å². The van der Waals surface area contributed by atoms with Crippen molar-refractivity contribution in [2.45, 2.75) is 19.5 Å². The Morgan fingerprint density at radius 3 is 2.63 bits per heavy atom. The van der Waals surface area contributed by atoms with Crippen LogP contribution in [0.4, 0.5) is 0 Å². The third-order valence-electron chi connectivity index (χ3n) is 2.98. The summed E-state index contributed by atoms with van der Waals surface area (Å²) in [6, 6.07) is 11.0. The Balaban J connectivity index is 2.04. The van der Waals surface area contributed by atoms with E-state index in [1.807, 2.05) is 31.2 Å². The number of nitrogens with zero attached hydrogens (tertiary/aromatic N) is 1. The van der Waals surface area contributed by atoms with E-state index in [1.54, 1.807) is 24.5 Å². The average molecular weight is 255 g/mol. The number of nitrogens with one attached hydrogen (secondary N) is 1. The van der Waals surface area contributed by atoms with E-state index in [0.717, 1.165) is 11.1 Å². The molecule has 0 saturated heterocycles. The number of carbonyl (C=O) groups excluding carboxylic acids is 1. The lowest BCUT2D eigenvalue weighted by atomic mass is 10.1. The molecule has 1 atom stereocenters. The molecule has 1 heterocycles. The van der Waals surface area contributed by atoms with Gasteiger partial charge in [-0.2, -0.15) is 0 Å². The Bertz CT molecular complexity index is 537. The zero-order chi connectivity index (χ0) is 13.7. The summed E-state index contributed by atoms with van der Waals surface area (Å²) in [5.41, 5.74) is 8.15. The maximum Gasteiger partial charge on any atom is 0.251 e. The van der Waals surface area contributed by atoms with Crippen LogP contribution < -0.4 is 11.1 Å². The minimum atomic E-state index is -0.0973. The molecule has 0 aliphatic rings. The van der Waals surface area contributed by atoms with E-state index in [2.05, 4.69) is 10.3 Å². The van der Waals surface area contributed by atoms with Crippen LogP contribution in [0.1, 0.15) is 34.5 Å². The number of aromatic nitrogens is 1. The summed E-state index contributed by atoms with van der Waals surface area (Å²) in [6.45, 7) is 2.41. The highest BCUT2D eigenvalue weighted by Crippen LogP contribution is 2.11. The quantitative estimate of drug-likeness (QED) is 0.878. The Morgan fingerprint density at radius 2 is 2.05 bits per heavy atom. The number of hydrogen-bond donors (Lipinski definition) is 2. The van der Waals surface area contributed by atoms with Gasteiger partial charge in [-0.1, -0.05) is 18.2 Å². The van der Waals surface area contributed by atoms with Crippen molar-refractivity contribution in [1.82, 2.24) is 10.3 Å². The van der Waals surface area contributed by atoms with Crippen LogP contribution in [-0.4, -0.2) is 10.9 Å². The van der Waals surface area contributed by atoms with Crippen LogP contribution in [0.5, 0.6) is 0 Å². The fraction of sp³-hybridized carbons (Fsp3) is 0.200. The molecule has 19 heavy (non-hydrogen) atoms. The van der Waals surface area contributed by atoms with Crippen LogP contribution in [-0.2, 0) is 6.54 Å². The smallest absolute Gasteiger partial charge is 0.251 e. The number of amides is 1. The SMILES string of the molecule is C[C@H](NC(=O)c1ccc(CN)cc1)c1cccnc1. The largest absolute Gasteiger partial charge is 0.345 e. The molecular weight excluding hydrogens is 238 g/mol. The molecule has 0 aliphatic carbocycles. The number of nitrogens with two attached hydrogens (primary N) is 1. The zero-order valence-corrected chi connectivity index (χ0v) is 10.8. The lowest BCUT2D eigenvalue weighted by Gasteiger charge is -2.14. The first-order valence-electron chi connectivity index (χ1n) is 6.20. The van der Waals surface area contributed by atoms with E-state index in [0.29, 0.717) is 12.1 Å². The monoisotopic (exact) mass is 255 g/mol. The summed E-state index contributed by atoms with van der Waals surface area (Å²) >= 11 is 0. The fourth-order valence-electron chi connectivity index (χ4n) is 1.79. The first-order chi connectivity index (χ1) is 9.20. The second-order valence-electron chi connectivity index (χ2n) is 4.38. The molecule has 0 aliphatic heterocycles. The number of hydrogen-bond acceptors (Lipinski definition) is 3. The molecule has 0 saturated carbocycles. The molecule has 0 radical (unpaired) electrons. The second kappa shape index (κ2) is 6.11. The predicted molar refractivity (Wildman–Crippen MR) is 74.5 cm³/mol. The van der Waals surface area contributed by atoms with E-state index in [1.165, 1.54) is 0 Å². The van der Waals surface area contributed by atoms with Gasteiger partial charge in [0.05, 0.1) is 6.04 Å². The van der Waals surface area contributed by atoms with Crippen molar-refractivity contribution in [1.29, 1.82) is 0 Å². The number of rotatable bonds is 4. The highest BCUT2D eigenvalue weighted by Gasteiger charge is 2.11. The highest BCUT2D eigenvalue weighted by atomic mass is 16.1. The lowest BCUT2D eigenvalue weighted by molar-refractivity contribution is 0.0940. The fourth-order valence-corrected chi connectivity index (χ4v) is 1.79. The standard InChI is InChI=1S/C15H17N3O/c1-11(14-3-2-8-17-10-14)18-15(19)13-6-4-12(9-16)5-7-13/h2-8,10-11H,9,16H2,1H3,(H,18,19)/t11-/m0/s1. The van der Waals surface area contributed by atoms with Crippen molar-refractivity contribution in [3.8, 4) is 0 Å². The molecule has 0 fully saturated rings. The third-order valence-corrected chi connectivity index (χ3v) is 2.98. The second-order valence-corrected chi connectivity index (χ2v) is 4.38. The van der Waals surface area contributed by atoms with Gasteiger partial charge in [-0.15, -0.1) is 0 Å². The summed E-state index contributed by atoms with van der Waals surface area (Å²) in [7, 11) is 0. The van der Waals surface area contributed by atoms with Crippen molar-refractivity contribution >= 4 is 5.91 Å². The van der Waals surface area contributed by atoms with Crippen LogP contribution in [0.3, 0.4) is 0 Å². The molecule has 1 amide bonds. The molecule has 0 unspecified atom stereocenters. The molecular formula is C15H17N3O. The third kappa shape index (κ3) is 3.39. The van der Waals surface area contributed by atoms with Crippen molar-refractivity contribution < 1.29 is 4.79 Å². The average Bonchev–Trinajstić information content (AvgIpc) is 2.48. The molecule has 0 bridgehead atoms. The number of pyridine rings is 1. The van der Waals surface area contributed by atoms with Gasteiger partial charge in [-0.3, -0.25) is 9.78 Å². The van der Waals surface area contributed by atoms with Gasteiger partial charge in [-0.05, 0) is 36.2 Å². The van der Waals surface area contributed by atoms with E-state index >= 15 is 0 Å². The Kier molecular flexibility index (Phi) is 4.26. The maximum atomic E-state index is 12.1. The van der Waals surface area contributed by atoms with Crippen molar-refractivity contribution in [2.24, 2.45) is 5.73 Å². The van der Waals surface area contributed by atoms with Crippen LogP contribution >= 0.6 is 0 Å². The predicted octanol–water partition coefficient (Wildman–Crippen LogP) is 2.03. The highest BCUT2D eigenvalue weighted by molar-refractivity contribution is 5.94. The topological polar surface area (TPSA) is 68.0 Å². The Labute approximate surface area is 112 Å². The maximum absolute atomic E-state index is 12.1. The molecule has 2 aromatic rings. The van der Waals surface area contributed by atoms with Crippen LogP contribution in [0.15, 0.2) is 48.8 Å². The normalized spacial score (nSPS) is 11.9. The number of carbonyl (C=O) groups is 1. The van der Waals surface area contributed by atoms with Crippen LogP contribution in [0, 0.1) is 0 Å². The first-order valence-corrected chi connectivity index (χ1v) is 6.20. The van der Waals surface area contributed by atoms with Gasteiger partial charge in [-0.25, -0.2) is 0 Å². The summed E-state index contributed by atoms with van der Waals surface area (Å²) in [6.07, 6.45) is 3.46. The van der Waals surface area contributed by atoms with Gasteiger partial charge in [0.2, 0.25) is 0 Å². The van der Waals surface area contributed by atoms with Crippen molar-refractivity contribution in [2.75, 3.05) is 0 Å². The number of benzene rings is 1. The molecule has 98 valence electrons. The lowest BCUT2D eigenvalue weighted by Crippen LogP contribution is -2.26. The van der Waals surface area contributed by atoms with Crippen LogP contribution in [0.2, 0.25) is 0 Å². The molecule has 3 N–H and O–H groups in total. The minimum absolute atomic E-state index is 0.0737. The summed E-state index contributed by atoms with van der Waals surface area (Å²) < 4.78 is 0. The minimum Gasteiger partial charge on any atom is -0.345 e. The zero-order valence-electron chi connectivity index (χ0n) is 10.8. The van der Waals surface area contributed by atoms with Gasteiger partial charge >= 0.3 is 0 Å². The van der Waals surface area contributed by atoms with Gasteiger partial charge < -0.3 is 11.1 Å². The summed E-state index contributed by atoms with van der Waals surface area (Å²) in [5.74, 6) is -0.0973. The summed E-state index contributed by atoms with van der Waals surface area (Å²) in [5, 5.41) is 2.94. The van der Waals surface area contributed by atoms with Gasteiger partial charge in [0.15, 0.2) is 0 Å². The van der Waals surface area contributed by atoms with E-state index in [9.17, 15) is 4.79 Å². The van der Waals surface area contributed by atoms with Crippen LogP contribution in [0.25, 0.3) is 0 Å². The Morgan fingerprint density at radius 1 is 1.32 bits per heavy atom. The van der Waals surface area contributed by atoms with Gasteiger partial charge in [0.25, 0.3) is 5.91 Å². The van der Waals surface area contributed by atoms with E-state index in [4.69, 9.17) is 5.73 Å². The van der Waals surface area contributed by atoms with Crippen molar-refractivity contribution in [3.63, 3.8) is 0 Å². The van der Waals surface area contributed by atoms with E-state index < -0.39 is 0 Å². The van der Waals surface area contributed by atoms with Gasteiger partial charge in [0, 0.05) is 24.5 Å². The molecule has 1 aromatic heterocycles. The molecule has 0 spiro atoms.